The number of rotatable bonds is 8. The summed E-state index contributed by atoms with van der Waals surface area (Å²) in [5.41, 5.74) is 0.711. The van der Waals surface area contributed by atoms with Crippen LogP contribution in [0.2, 0.25) is 0 Å². The Morgan fingerprint density at radius 2 is 2.00 bits per heavy atom. The first-order valence-corrected chi connectivity index (χ1v) is 6.41. The first-order chi connectivity index (χ1) is 6.76. The summed E-state index contributed by atoms with van der Waals surface area (Å²) in [7, 11) is 2.09. The Morgan fingerprint density at radius 1 is 1.29 bits per heavy atom. The minimum Gasteiger partial charge on any atom is -0.319 e. The van der Waals surface area contributed by atoms with Gasteiger partial charge in [0.05, 0.1) is 0 Å². The van der Waals surface area contributed by atoms with Gasteiger partial charge in [0.15, 0.2) is 0 Å². The van der Waals surface area contributed by atoms with E-state index in [1.54, 1.807) is 0 Å². The molecule has 1 unspecified atom stereocenters. The molecule has 1 aliphatic rings. The lowest BCUT2D eigenvalue weighted by molar-refractivity contribution is 0.315. The highest BCUT2D eigenvalue weighted by Crippen LogP contribution is 2.51. The fourth-order valence-corrected chi connectivity index (χ4v) is 2.56. The van der Waals surface area contributed by atoms with Gasteiger partial charge in [0, 0.05) is 6.54 Å². The summed E-state index contributed by atoms with van der Waals surface area (Å²) in [6.07, 6.45) is 10.0. The van der Waals surface area contributed by atoms with Gasteiger partial charge in [-0.15, -0.1) is 0 Å². The van der Waals surface area contributed by atoms with Crippen LogP contribution in [0.15, 0.2) is 0 Å². The van der Waals surface area contributed by atoms with Crippen molar-refractivity contribution in [1.82, 2.24) is 5.32 Å². The first kappa shape index (κ1) is 12.0. The van der Waals surface area contributed by atoms with Gasteiger partial charge in [0.25, 0.3) is 0 Å². The van der Waals surface area contributed by atoms with Crippen LogP contribution in [0.4, 0.5) is 0 Å². The van der Waals surface area contributed by atoms with E-state index in [1.807, 2.05) is 0 Å². The second-order valence-electron chi connectivity index (χ2n) is 5.15. The van der Waals surface area contributed by atoms with Gasteiger partial charge in [0.2, 0.25) is 0 Å². The molecule has 1 N–H and O–H groups in total. The van der Waals surface area contributed by atoms with Gasteiger partial charge < -0.3 is 5.32 Å². The fraction of sp³-hybridized carbons (Fsp3) is 1.00. The van der Waals surface area contributed by atoms with E-state index in [9.17, 15) is 0 Å². The molecule has 1 saturated carbocycles. The van der Waals surface area contributed by atoms with Crippen molar-refractivity contribution >= 4 is 0 Å². The molecule has 0 spiro atoms. The summed E-state index contributed by atoms with van der Waals surface area (Å²) in [6, 6.07) is 0. The number of nitrogens with one attached hydrogen (secondary N) is 1. The minimum absolute atomic E-state index is 0.711. The van der Waals surface area contributed by atoms with Crippen molar-refractivity contribution < 1.29 is 0 Å². The van der Waals surface area contributed by atoms with Crippen LogP contribution in [-0.2, 0) is 0 Å². The molecule has 0 saturated heterocycles. The van der Waals surface area contributed by atoms with Crippen molar-refractivity contribution in [2.45, 2.75) is 58.8 Å². The molecule has 0 aromatic rings. The molecule has 0 aromatic carbocycles. The highest BCUT2D eigenvalue weighted by molar-refractivity contribution is 4.95. The maximum atomic E-state index is 3.36. The summed E-state index contributed by atoms with van der Waals surface area (Å²) in [5, 5.41) is 3.36. The van der Waals surface area contributed by atoms with E-state index in [0.29, 0.717) is 5.41 Å². The predicted octanol–water partition coefficient (Wildman–Crippen LogP) is 3.59. The molecule has 1 nitrogen and oxygen atoms in total. The maximum Gasteiger partial charge on any atom is 0.000491 e. The molecule has 1 fully saturated rings. The van der Waals surface area contributed by atoms with E-state index in [2.05, 4.69) is 26.2 Å². The lowest BCUT2D eigenvalue weighted by Crippen LogP contribution is -2.22. The van der Waals surface area contributed by atoms with Crippen molar-refractivity contribution in [2.24, 2.45) is 11.3 Å². The van der Waals surface area contributed by atoms with E-state index in [-0.39, 0.29) is 0 Å². The van der Waals surface area contributed by atoms with Crippen LogP contribution in [0.5, 0.6) is 0 Å². The molecule has 1 heteroatoms. The van der Waals surface area contributed by atoms with Gasteiger partial charge in [-0.2, -0.15) is 0 Å². The Bertz CT molecular complexity index is 149. The Morgan fingerprint density at radius 3 is 2.43 bits per heavy atom. The van der Waals surface area contributed by atoms with Crippen molar-refractivity contribution in [1.29, 1.82) is 0 Å². The highest BCUT2D eigenvalue weighted by atomic mass is 14.8. The molecule has 84 valence electrons. The van der Waals surface area contributed by atoms with Crippen molar-refractivity contribution in [3.63, 3.8) is 0 Å². The zero-order chi connectivity index (χ0) is 10.4. The molecule has 0 heterocycles. The normalized spacial score (nSPS) is 20.8. The van der Waals surface area contributed by atoms with Gasteiger partial charge in [-0.1, -0.05) is 39.5 Å². The van der Waals surface area contributed by atoms with Crippen LogP contribution in [0, 0.1) is 11.3 Å². The third kappa shape index (κ3) is 3.61. The largest absolute Gasteiger partial charge is 0.319 e. The second kappa shape index (κ2) is 5.75. The van der Waals surface area contributed by atoms with Crippen LogP contribution in [-0.4, -0.2) is 13.6 Å². The standard InChI is InChI=1S/C13H27N/c1-4-6-7-12(5-2)10-13(8-9-13)11-14-3/h12,14H,4-11H2,1-3H3. The van der Waals surface area contributed by atoms with E-state index < -0.39 is 0 Å². The van der Waals surface area contributed by atoms with Crippen LogP contribution in [0.1, 0.15) is 58.8 Å². The predicted molar refractivity (Wildman–Crippen MR) is 63.5 cm³/mol. The summed E-state index contributed by atoms with van der Waals surface area (Å²) in [5.74, 6) is 0.991. The smallest absolute Gasteiger partial charge is 0.000491 e. The Kier molecular flexibility index (Phi) is 4.94. The monoisotopic (exact) mass is 197 g/mol. The molecule has 0 amide bonds. The van der Waals surface area contributed by atoms with Crippen LogP contribution in [0.3, 0.4) is 0 Å². The molecule has 0 bridgehead atoms. The molecule has 0 aromatic heterocycles. The van der Waals surface area contributed by atoms with Crippen LogP contribution in [0.25, 0.3) is 0 Å². The summed E-state index contributed by atoms with van der Waals surface area (Å²) < 4.78 is 0. The number of unbranched alkanes of at least 4 members (excludes halogenated alkanes) is 1. The minimum atomic E-state index is 0.711. The molecule has 1 atom stereocenters. The van der Waals surface area contributed by atoms with E-state index >= 15 is 0 Å². The maximum absolute atomic E-state index is 3.36. The molecule has 1 aliphatic carbocycles. The lowest BCUT2D eigenvalue weighted by atomic mass is 9.86. The molecule has 0 radical (unpaired) electrons. The lowest BCUT2D eigenvalue weighted by Gasteiger charge is -2.21. The topological polar surface area (TPSA) is 12.0 Å². The highest BCUT2D eigenvalue weighted by Gasteiger charge is 2.42. The second-order valence-corrected chi connectivity index (χ2v) is 5.15. The van der Waals surface area contributed by atoms with Crippen molar-refractivity contribution in [3.05, 3.63) is 0 Å². The quantitative estimate of drug-likeness (QED) is 0.627. The first-order valence-electron chi connectivity index (χ1n) is 6.41. The van der Waals surface area contributed by atoms with E-state index in [0.717, 1.165) is 5.92 Å². The van der Waals surface area contributed by atoms with Gasteiger partial charge in [-0.25, -0.2) is 0 Å². The van der Waals surface area contributed by atoms with Crippen molar-refractivity contribution in [3.8, 4) is 0 Å². The van der Waals surface area contributed by atoms with Gasteiger partial charge >= 0.3 is 0 Å². The summed E-state index contributed by atoms with van der Waals surface area (Å²) in [6.45, 7) is 5.90. The van der Waals surface area contributed by atoms with Gasteiger partial charge in [-0.3, -0.25) is 0 Å². The third-order valence-electron chi connectivity index (χ3n) is 3.77. The van der Waals surface area contributed by atoms with Crippen LogP contribution >= 0.6 is 0 Å². The Labute approximate surface area is 89.7 Å². The van der Waals surface area contributed by atoms with Gasteiger partial charge in [0.1, 0.15) is 0 Å². The van der Waals surface area contributed by atoms with Gasteiger partial charge in [-0.05, 0) is 37.6 Å². The third-order valence-corrected chi connectivity index (χ3v) is 3.77. The van der Waals surface area contributed by atoms with E-state index in [4.69, 9.17) is 0 Å². The SMILES string of the molecule is CCCCC(CC)CC1(CNC)CC1. The van der Waals surface area contributed by atoms with E-state index in [1.165, 1.54) is 51.5 Å². The zero-order valence-corrected chi connectivity index (χ0v) is 10.2. The summed E-state index contributed by atoms with van der Waals surface area (Å²) in [4.78, 5) is 0. The Hall–Kier alpha value is -0.0400. The zero-order valence-electron chi connectivity index (χ0n) is 10.2. The van der Waals surface area contributed by atoms with Crippen molar-refractivity contribution in [2.75, 3.05) is 13.6 Å². The molecular formula is C13H27N. The molecule has 14 heavy (non-hydrogen) atoms. The average molecular weight is 197 g/mol. The van der Waals surface area contributed by atoms with Crippen LogP contribution < -0.4 is 5.32 Å². The number of hydrogen-bond donors (Lipinski definition) is 1. The summed E-state index contributed by atoms with van der Waals surface area (Å²) >= 11 is 0. The number of hydrogen-bond acceptors (Lipinski definition) is 1. The molecule has 1 rings (SSSR count). The molecule has 0 aliphatic heterocycles. The average Bonchev–Trinajstić information content (AvgIpc) is 2.93. The fourth-order valence-electron chi connectivity index (χ4n) is 2.56. The Balaban J connectivity index is 2.25. The molecular weight excluding hydrogens is 170 g/mol.